The molecule has 0 radical (unpaired) electrons. The van der Waals surface area contributed by atoms with Crippen LogP contribution in [-0.2, 0) is 10.2 Å². The lowest BCUT2D eigenvalue weighted by molar-refractivity contribution is -0.121. The molecule has 168 valence electrons. The van der Waals surface area contributed by atoms with Gasteiger partial charge in [0.15, 0.2) is 5.41 Å². The molecule has 0 saturated carbocycles. The van der Waals surface area contributed by atoms with E-state index in [2.05, 4.69) is 25.1 Å². The van der Waals surface area contributed by atoms with E-state index in [4.69, 9.17) is 14.9 Å². The molecule has 5 rings (SSSR count). The summed E-state index contributed by atoms with van der Waals surface area (Å²) in [5, 5.41) is 10.2. The van der Waals surface area contributed by atoms with Crippen molar-refractivity contribution in [2.75, 3.05) is 4.90 Å². The lowest BCUT2D eigenvalue weighted by atomic mass is 9.68. The summed E-state index contributed by atoms with van der Waals surface area (Å²) in [6.45, 7) is 9.67. The highest BCUT2D eigenvalue weighted by Gasteiger charge is 2.64. The van der Waals surface area contributed by atoms with Gasteiger partial charge in [0.2, 0.25) is 11.8 Å². The maximum Gasteiger partial charge on any atom is 0.344 e. The van der Waals surface area contributed by atoms with Crippen molar-refractivity contribution in [3.05, 3.63) is 74.2 Å². The van der Waals surface area contributed by atoms with Gasteiger partial charge in [-0.15, -0.1) is 0 Å². The van der Waals surface area contributed by atoms with Crippen molar-refractivity contribution < 1.29 is 13.9 Å². The van der Waals surface area contributed by atoms with Gasteiger partial charge in [-0.3, -0.25) is 4.79 Å². The van der Waals surface area contributed by atoms with E-state index >= 15 is 0 Å². The monoisotopic (exact) mass is 443 g/mol. The minimum Gasteiger partial charge on any atom is -0.440 e. The molecule has 0 fully saturated rings. The Kier molecular flexibility index (Phi) is 4.22. The second kappa shape index (κ2) is 6.61. The van der Waals surface area contributed by atoms with Gasteiger partial charge in [0.25, 0.3) is 0 Å². The maximum absolute atomic E-state index is 14.6. The quantitative estimate of drug-likeness (QED) is 0.753. The summed E-state index contributed by atoms with van der Waals surface area (Å²) in [5.41, 5.74) is 7.33. The number of amides is 1. The molecular weight excluding hydrogens is 418 g/mol. The normalized spacial score (nSPS) is 24.9. The molecule has 0 bridgehead atoms. The number of hydrogen-bond donors (Lipinski definition) is 1. The Morgan fingerprint density at radius 2 is 1.91 bits per heavy atom. The van der Waals surface area contributed by atoms with Crippen molar-refractivity contribution in [1.82, 2.24) is 0 Å². The molecule has 2 aromatic rings. The third-order valence-electron chi connectivity index (χ3n) is 7.21. The highest BCUT2D eigenvalue weighted by Crippen LogP contribution is 2.59. The van der Waals surface area contributed by atoms with Gasteiger partial charge in [0, 0.05) is 17.2 Å². The Bertz CT molecular complexity index is 1420. The summed E-state index contributed by atoms with van der Waals surface area (Å²) >= 11 is 0. The van der Waals surface area contributed by atoms with Crippen molar-refractivity contribution in [3.63, 3.8) is 0 Å². The number of benzene rings is 1. The van der Waals surface area contributed by atoms with Crippen molar-refractivity contribution in [2.45, 2.75) is 58.4 Å². The van der Waals surface area contributed by atoms with E-state index in [1.54, 1.807) is 17.9 Å². The van der Waals surface area contributed by atoms with Crippen molar-refractivity contribution >= 4 is 17.2 Å². The number of carbonyl (C=O) groups excluding carboxylic acids is 1. The number of allylic oxidation sites excluding steroid dienone is 1. The van der Waals surface area contributed by atoms with Gasteiger partial charge in [-0.05, 0) is 45.3 Å². The second-order valence-corrected chi connectivity index (χ2v) is 9.17. The zero-order chi connectivity index (χ0) is 23.9. The first-order valence-electron chi connectivity index (χ1n) is 11.1. The first kappa shape index (κ1) is 21.1. The fourth-order valence-electron chi connectivity index (χ4n) is 5.60. The van der Waals surface area contributed by atoms with Gasteiger partial charge in [-0.1, -0.05) is 31.6 Å². The van der Waals surface area contributed by atoms with Crippen LogP contribution in [0.3, 0.4) is 0 Å². The number of hydrogen-bond acceptors (Lipinski definition) is 6. The molecule has 0 unspecified atom stereocenters. The summed E-state index contributed by atoms with van der Waals surface area (Å²) in [6.07, 6.45) is 3.56. The average molecular weight is 444 g/mol. The first-order valence-corrected chi connectivity index (χ1v) is 11.1. The fourth-order valence-corrected chi connectivity index (χ4v) is 5.60. The van der Waals surface area contributed by atoms with Gasteiger partial charge >= 0.3 is 5.63 Å². The average Bonchev–Trinajstić information content (AvgIpc) is 3.00. The number of nitrogens with two attached hydrogens (primary N) is 1. The molecule has 3 aliphatic rings. The summed E-state index contributed by atoms with van der Waals surface area (Å²) in [7, 11) is 0. The number of nitrogens with zero attached hydrogens (tertiary/aromatic N) is 2. The van der Waals surface area contributed by atoms with Crippen LogP contribution in [-0.4, -0.2) is 11.4 Å². The van der Waals surface area contributed by atoms with Crippen LogP contribution in [0.2, 0.25) is 0 Å². The number of anilines is 1. The number of carbonyl (C=O) groups is 1. The van der Waals surface area contributed by atoms with E-state index in [9.17, 15) is 14.9 Å². The highest BCUT2D eigenvalue weighted by atomic mass is 16.5. The number of aryl methyl sites for hydroxylation is 2. The van der Waals surface area contributed by atoms with E-state index in [0.29, 0.717) is 17.7 Å². The predicted molar refractivity (Wildman–Crippen MR) is 124 cm³/mol. The topological polar surface area (TPSA) is 110 Å². The zero-order valence-corrected chi connectivity index (χ0v) is 19.3. The number of nitriles is 1. The van der Waals surface area contributed by atoms with E-state index in [0.717, 1.165) is 28.8 Å². The van der Waals surface area contributed by atoms with E-state index < -0.39 is 16.6 Å². The largest absolute Gasteiger partial charge is 0.440 e. The van der Waals surface area contributed by atoms with Gasteiger partial charge in [0.05, 0.1) is 11.2 Å². The minimum absolute atomic E-state index is 0.00236. The number of fused-ring (bicyclic) bond motifs is 3. The maximum atomic E-state index is 14.6. The summed E-state index contributed by atoms with van der Waals surface area (Å²) < 4.78 is 11.1. The zero-order valence-electron chi connectivity index (χ0n) is 19.3. The lowest BCUT2D eigenvalue weighted by Crippen LogP contribution is -2.55. The van der Waals surface area contributed by atoms with Crippen LogP contribution < -0.4 is 21.0 Å². The molecule has 1 amide bonds. The standard InChI is InChI=1S/C26H25N3O4/c1-6-15-11-25(5,7-2)29-21-16(15)8-13(3)9-17(21)26(24(29)31)18(12-27)22(28)33-19-10-14(4)32-23(30)20(19)26/h8-11H,6-7,28H2,1-5H3/t25-,26+/m1/s1. The molecule has 33 heavy (non-hydrogen) atoms. The van der Waals surface area contributed by atoms with Crippen molar-refractivity contribution in [3.8, 4) is 11.8 Å². The van der Waals surface area contributed by atoms with E-state index in [1.165, 1.54) is 0 Å². The minimum atomic E-state index is -1.73. The summed E-state index contributed by atoms with van der Waals surface area (Å²) in [5.74, 6) is -0.0987. The molecule has 2 N–H and O–H groups in total. The molecule has 0 aliphatic carbocycles. The van der Waals surface area contributed by atoms with Crippen LogP contribution in [0.1, 0.15) is 61.6 Å². The van der Waals surface area contributed by atoms with E-state index in [1.807, 2.05) is 26.8 Å². The van der Waals surface area contributed by atoms with Crippen LogP contribution in [0.5, 0.6) is 5.75 Å². The molecule has 0 saturated heterocycles. The summed E-state index contributed by atoms with van der Waals surface area (Å²) in [6, 6.07) is 7.58. The molecule has 2 atom stereocenters. The Hall–Kier alpha value is -3.79. The Morgan fingerprint density at radius 1 is 1.18 bits per heavy atom. The molecule has 1 spiro atoms. The van der Waals surface area contributed by atoms with Gasteiger partial charge < -0.3 is 19.8 Å². The number of ether oxygens (including phenoxy) is 1. The van der Waals surface area contributed by atoms with Crippen LogP contribution >= 0.6 is 0 Å². The van der Waals surface area contributed by atoms with Crippen LogP contribution in [0.25, 0.3) is 5.57 Å². The Morgan fingerprint density at radius 3 is 2.55 bits per heavy atom. The lowest BCUT2D eigenvalue weighted by Gasteiger charge is -2.42. The number of rotatable bonds is 2. The molecule has 7 heteroatoms. The molecule has 1 aromatic heterocycles. The van der Waals surface area contributed by atoms with Crippen LogP contribution in [0.4, 0.5) is 5.69 Å². The molecular formula is C26H25N3O4. The van der Waals surface area contributed by atoms with Gasteiger partial charge in [0.1, 0.15) is 28.7 Å². The van der Waals surface area contributed by atoms with Crippen LogP contribution in [0, 0.1) is 25.2 Å². The van der Waals surface area contributed by atoms with E-state index in [-0.39, 0.29) is 28.7 Å². The SMILES string of the molecule is CCC1=C[C@@](C)(CC)N2C(=O)[C@]3(C(C#N)=C(N)Oc4cc(C)oc(=O)c43)c3cc(C)cc1c32. The Balaban J connectivity index is 2.02. The summed E-state index contributed by atoms with van der Waals surface area (Å²) in [4.78, 5) is 29.6. The van der Waals surface area contributed by atoms with Gasteiger partial charge in [-0.25, -0.2) is 4.79 Å². The Labute approximate surface area is 191 Å². The third-order valence-corrected chi connectivity index (χ3v) is 7.21. The smallest absolute Gasteiger partial charge is 0.344 e. The predicted octanol–water partition coefficient (Wildman–Crippen LogP) is 3.95. The molecule has 7 nitrogen and oxygen atoms in total. The third kappa shape index (κ3) is 2.38. The van der Waals surface area contributed by atoms with Crippen molar-refractivity contribution in [1.29, 1.82) is 5.26 Å². The molecule has 4 heterocycles. The van der Waals surface area contributed by atoms with Crippen LogP contribution in [0.15, 0.2) is 44.9 Å². The van der Waals surface area contributed by atoms with Gasteiger partial charge in [-0.2, -0.15) is 5.26 Å². The fraction of sp³-hybridized carbons (Fsp3) is 0.346. The molecule has 1 aromatic carbocycles. The van der Waals surface area contributed by atoms with Crippen molar-refractivity contribution in [2.24, 2.45) is 5.73 Å². The molecule has 3 aliphatic heterocycles. The first-order chi connectivity index (χ1) is 15.6. The second-order valence-electron chi connectivity index (χ2n) is 9.17. The highest BCUT2D eigenvalue weighted by molar-refractivity contribution is 6.18.